The molecule has 1 saturated heterocycles. The van der Waals surface area contributed by atoms with Crippen molar-refractivity contribution >= 4 is 5.91 Å². The van der Waals surface area contributed by atoms with Crippen molar-refractivity contribution in [3.63, 3.8) is 0 Å². The third-order valence-corrected chi connectivity index (χ3v) is 3.61. The lowest BCUT2D eigenvalue weighted by atomic mass is 9.91. The minimum atomic E-state index is -4.54. The molecular weight excluding hydrogens is 323 g/mol. The molecule has 24 heavy (non-hydrogen) atoms. The van der Waals surface area contributed by atoms with Gasteiger partial charge in [0, 0.05) is 19.2 Å². The van der Waals surface area contributed by atoms with Crippen LogP contribution < -0.4 is 4.74 Å². The van der Waals surface area contributed by atoms with E-state index < -0.39 is 18.0 Å². The quantitative estimate of drug-likeness (QED) is 0.843. The fourth-order valence-corrected chi connectivity index (χ4v) is 2.53. The van der Waals surface area contributed by atoms with Crippen LogP contribution in [0.3, 0.4) is 0 Å². The average molecular weight is 345 g/mol. The van der Waals surface area contributed by atoms with Crippen LogP contribution in [0.15, 0.2) is 12.3 Å². The summed E-state index contributed by atoms with van der Waals surface area (Å²) in [6.45, 7) is 6.94. The van der Waals surface area contributed by atoms with Crippen LogP contribution in [-0.4, -0.2) is 40.0 Å². The first-order valence-electron chi connectivity index (χ1n) is 7.89. The summed E-state index contributed by atoms with van der Waals surface area (Å²) >= 11 is 0. The van der Waals surface area contributed by atoms with Gasteiger partial charge < -0.3 is 9.64 Å². The zero-order valence-electron chi connectivity index (χ0n) is 14.1. The van der Waals surface area contributed by atoms with E-state index in [1.807, 2.05) is 20.8 Å². The average Bonchev–Trinajstić information content (AvgIpc) is 2.45. The highest BCUT2D eigenvalue weighted by atomic mass is 19.4. The van der Waals surface area contributed by atoms with Gasteiger partial charge in [-0.2, -0.15) is 18.2 Å². The number of nitrogens with zero attached hydrogens (tertiary/aromatic N) is 3. The van der Waals surface area contributed by atoms with Crippen LogP contribution in [0.2, 0.25) is 0 Å². The maximum absolute atomic E-state index is 12.7. The van der Waals surface area contributed by atoms with E-state index in [9.17, 15) is 18.0 Å². The fraction of sp³-hybridized carbons (Fsp3) is 0.688. The second-order valence-corrected chi connectivity index (χ2v) is 7.18. The molecule has 134 valence electrons. The zero-order chi connectivity index (χ0) is 18.0. The highest BCUT2D eigenvalue weighted by Gasteiger charge is 2.33. The van der Waals surface area contributed by atoms with Crippen LogP contribution in [0.5, 0.6) is 6.01 Å². The SMILES string of the molecule is CC(C)(C)CC(=O)N1CCCC(Oc2nccc(C(F)(F)F)n2)C1. The molecule has 1 fully saturated rings. The first-order valence-corrected chi connectivity index (χ1v) is 7.89. The fourth-order valence-electron chi connectivity index (χ4n) is 2.53. The Morgan fingerprint density at radius 1 is 1.38 bits per heavy atom. The van der Waals surface area contributed by atoms with Crippen LogP contribution in [0.1, 0.15) is 45.7 Å². The molecule has 0 bridgehead atoms. The number of ether oxygens (including phenoxy) is 1. The molecule has 2 heterocycles. The lowest BCUT2D eigenvalue weighted by Crippen LogP contribution is -2.45. The van der Waals surface area contributed by atoms with Crippen molar-refractivity contribution in [1.82, 2.24) is 14.9 Å². The van der Waals surface area contributed by atoms with Crippen LogP contribution in [-0.2, 0) is 11.0 Å². The van der Waals surface area contributed by atoms with Crippen molar-refractivity contribution in [2.75, 3.05) is 13.1 Å². The Kier molecular flexibility index (Phi) is 5.35. The maximum Gasteiger partial charge on any atom is 0.433 e. The third kappa shape index (κ3) is 5.35. The van der Waals surface area contributed by atoms with Gasteiger partial charge in [-0.1, -0.05) is 20.8 Å². The molecule has 0 aromatic carbocycles. The van der Waals surface area contributed by atoms with E-state index >= 15 is 0 Å². The highest BCUT2D eigenvalue weighted by molar-refractivity contribution is 5.76. The second kappa shape index (κ2) is 6.94. The number of carbonyl (C=O) groups is 1. The van der Waals surface area contributed by atoms with Crippen LogP contribution in [0, 0.1) is 5.41 Å². The third-order valence-electron chi connectivity index (χ3n) is 3.61. The molecule has 0 aliphatic carbocycles. The minimum Gasteiger partial charge on any atom is -0.458 e. The zero-order valence-corrected chi connectivity index (χ0v) is 14.1. The normalized spacial score (nSPS) is 19.2. The molecule has 1 unspecified atom stereocenters. The van der Waals surface area contributed by atoms with Crippen molar-refractivity contribution in [3.05, 3.63) is 18.0 Å². The summed E-state index contributed by atoms with van der Waals surface area (Å²) in [7, 11) is 0. The Morgan fingerprint density at radius 3 is 2.71 bits per heavy atom. The van der Waals surface area contributed by atoms with Crippen molar-refractivity contribution < 1.29 is 22.7 Å². The summed E-state index contributed by atoms with van der Waals surface area (Å²) < 4.78 is 43.5. The van der Waals surface area contributed by atoms with Crippen molar-refractivity contribution in [2.45, 2.75) is 52.3 Å². The molecule has 5 nitrogen and oxygen atoms in total. The number of alkyl halides is 3. The molecule has 0 saturated carbocycles. The Morgan fingerprint density at radius 2 is 2.08 bits per heavy atom. The number of carbonyl (C=O) groups excluding carboxylic acids is 1. The molecule has 8 heteroatoms. The molecule has 0 spiro atoms. The number of hydrogen-bond donors (Lipinski definition) is 0. The van der Waals surface area contributed by atoms with Crippen molar-refractivity contribution in [2.24, 2.45) is 5.41 Å². The highest BCUT2D eigenvalue weighted by Crippen LogP contribution is 2.28. The molecular formula is C16H22F3N3O2. The lowest BCUT2D eigenvalue weighted by molar-refractivity contribution is -0.141. The van der Waals surface area contributed by atoms with E-state index in [1.54, 1.807) is 4.90 Å². The monoisotopic (exact) mass is 345 g/mol. The van der Waals surface area contributed by atoms with Gasteiger partial charge >= 0.3 is 12.2 Å². The van der Waals surface area contributed by atoms with Crippen molar-refractivity contribution in [1.29, 1.82) is 0 Å². The Labute approximate surface area is 139 Å². The summed E-state index contributed by atoms with van der Waals surface area (Å²) in [6, 6.07) is 0.493. The summed E-state index contributed by atoms with van der Waals surface area (Å²) in [5, 5.41) is 0. The molecule has 1 aromatic rings. The van der Waals surface area contributed by atoms with Gasteiger partial charge in [-0.15, -0.1) is 0 Å². The van der Waals surface area contributed by atoms with Gasteiger partial charge in [0.25, 0.3) is 0 Å². The Hall–Kier alpha value is -1.86. The van der Waals surface area contributed by atoms with Crippen LogP contribution in [0.4, 0.5) is 13.2 Å². The minimum absolute atomic E-state index is 0.0285. The number of rotatable bonds is 3. The smallest absolute Gasteiger partial charge is 0.433 e. The molecule has 0 radical (unpaired) electrons. The Bertz CT molecular complexity index is 585. The van der Waals surface area contributed by atoms with Gasteiger partial charge in [-0.25, -0.2) is 4.98 Å². The van der Waals surface area contributed by atoms with E-state index in [0.29, 0.717) is 25.9 Å². The number of halogens is 3. The topological polar surface area (TPSA) is 55.3 Å². The molecule has 1 aliphatic heterocycles. The summed E-state index contributed by atoms with van der Waals surface area (Å²) in [4.78, 5) is 21.1. The van der Waals surface area contributed by atoms with Gasteiger partial charge in [0.15, 0.2) is 5.69 Å². The van der Waals surface area contributed by atoms with E-state index in [4.69, 9.17) is 4.74 Å². The predicted molar refractivity (Wildman–Crippen MR) is 81.3 cm³/mol. The number of likely N-dealkylation sites (tertiary alicyclic amines) is 1. The van der Waals surface area contributed by atoms with Gasteiger partial charge in [-0.3, -0.25) is 4.79 Å². The number of piperidine rings is 1. The maximum atomic E-state index is 12.7. The first-order chi connectivity index (χ1) is 11.0. The summed E-state index contributed by atoms with van der Waals surface area (Å²) in [6.07, 6.45) is -2.11. The van der Waals surface area contributed by atoms with Crippen molar-refractivity contribution in [3.8, 4) is 6.01 Å². The van der Waals surface area contributed by atoms with Crippen LogP contribution >= 0.6 is 0 Å². The molecule has 2 rings (SSSR count). The van der Waals surface area contributed by atoms with Gasteiger partial charge in [-0.05, 0) is 24.3 Å². The van der Waals surface area contributed by atoms with Gasteiger partial charge in [0.2, 0.25) is 5.91 Å². The Balaban J connectivity index is 1.99. The van der Waals surface area contributed by atoms with E-state index in [0.717, 1.165) is 18.7 Å². The largest absolute Gasteiger partial charge is 0.458 e. The van der Waals surface area contributed by atoms with E-state index in [2.05, 4.69) is 9.97 Å². The molecule has 1 aliphatic rings. The molecule has 0 N–H and O–H groups in total. The van der Waals surface area contributed by atoms with Gasteiger partial charge in [0.1, 0.15) is 6.10 Å². The predicted octanol–water partition coefficient (Wildman–Crippen LogP) is 3.30. The molecule has 1 aromatic heterocycles. The standard InChI is InChI=1S/C16H22F3N3O2/c1-15(2,3)9-13(23)22-8-4-5-11(10-22)24-14-20-7-6-12(21-14)16(17,18)19/h6-7,11H,4-5,8-10H2,1-3H3. The number of amides is 1. The molecule has 1 atom stereocenters. The second-order valence-electron chi connectivity index (χ2n) is 7.18. The number of aromatic nitrogens is 2. The molecule has 1 amide bonds. The lowest BCUT2D eigenvalue weighted by Gasteiger charge is -2.34. The van der Waals surface area contributed by atoms with Crippen LogP contribution in [0.25, 0.3) is 0 Å². The van der Waals surface area contributed by atoms with Gasteiger partial charge in [0.05, 0.1) is 6.54 Å². The van der Waals surface area contributed by atoms with E-state index in [1.165, 1.54) is 0 Å². The first kappa shape index (κ1) is 18.5. The summed E-state index contributed by atoms with van der Waals surface area (Å²) in [5.74, 6) is 0.0285. The van der Waals surface area contributed by atoms with E-state index in [-0.39, 0.29) is 17.3 Å². The number of hydrogen-bond acceptors (Lipinski definition) is 4. The summed E-state index contributed by atoms with van der Waals surface area (Å²) in [5.41, 5.74) is -1.15.